The Morgan fingerprint density at radius 1 is 1.46 bits per heavy atom. The van der Waals surface area contributed by atoms with E-state index in [1.54, 1.807) is 0 Å². The summed E-state index contributed by atoms with van der Waals surface area (Å²) in [4.78, 5) is 35.1. The predicted molar refractivity (Wildman–Crippen MR) is 112 cm³/mol. The number of aromatic nitrogens is 2. The molecule has 9 heteroatoms. The first-order valence-electron chi connectivity index (χ1n) is 9.32. The van der Waals surface area contributed by atoms with E-state index in [0.717, 1.165) is 42.5 Å². The first kappa shape index (κ1) is 20.5. The number of carbonyl (C=O) groups is 1. The quantitative estimate of drug-likeness (QED) is 0.282. The van der Waals surface area contributed by atoms with Crippen molar-refractivity contribution >= 4 is 40.7 Å². The van der Waals surface area contributed by atoms with Crippen molar-refractivity contribution in [1.29, 1.82) is 0 Å². The van der Waals surface area contributed by atoms with E-state index >= 15 is 0 Å². The largest absolute Gasteiger partial charge is 0.494 e. The first-order chi connectivity index (χ1) is 13.4. The van der Waals surface area contributed by atoms with Gasteiger partial charge in [-0.15, -0.1) is 11.3 Å². The summed E-state index contributed by atoms with van der Waals surface area (Å²) in [5, 5.41) is 10.4. The summed E-state index contributed by atoms with van der Waals surface area (Å²) in [6, 6.07) is 0. The maximum Gasteiger partial charge on any atom is 0.341 e. The molecule has 0 bridgehead atoms. The van der Waals surface area contributed by atoms with Crippen LogP contribution in [0, 0.1) is 10.7 Å². The topological polar surface area (TPSA) is 108 Å². The highest BCUT2D eigenvalue weighted by Crippen LogP contribution is 2.41. The molecule has 28 heavy (non-hydrogen) atoms. The highest BCUT2D eigenvalue weighted by Gasteiger charge is 2.28. The van der Waals surface area contributed by atoms with Gasteiger partial charge in [0.2, 0.25) is 5.88 Å². The predicted octanol–water partition coefficient (Wildman–Crippen LogP) is 4.03. The molecule has 150 valence electrons. The molecular formula is C19H23N3O4S2. The Labute approximate surface area is 171 Å². The number of nitrogens with zero attached hydrogens (tertiary/aromatic N) is 1. The van der Waals surface area contributed by atoms with Gasteiger partial charge in [0, 0.05) is 11.1 Å². The third-order valence-electron chi connectivity index (χ3n) is 4.70. The molecule has 2 aromatic heterocycles. The van der Waals surface area contributed by atoms with Gasteiger partial charge in [0.15, 0.2) is 4.77 Å². The Morgan fingerprint density at radius 2 is 2.25 bits per heavy atom. The number of H-pyrrole nitrogens is 2. The number of aromatic hydroxyl groups is 1. The number of unbranched alkanes of at least 4 members (excludes halogenated alkanes) is 1. The normalized spacial score (nSPS) is 16.3. The molecule has 0 aromatic carbocycles. The standard InChI is InChI=1S/C19H23N3O4S2/c1-3-4-7-26-18(25)14-11-6-5-10(2)8-13(11)28-17(14)20-9-12-15(23)21-19(27)22-16(12)24/h9-10H,3-8H2,1-2H3,(H3,21,22,23,24,27)/t10-/m0/s1. The van der Waals surface area contributed by atoms with Crippen LogP contribution in [0.1, 0.15) is 59.5 Å². The number of carbonyl (C=O) groups excluding carboxylic acids is 1. The van der Waals surface area contributed by atoms with Gasteiger partial charge in [0.25, 0.3) is 5.56 Å². The molecule has 0 unspecified atom stereocenters. The molecule has 0 saturated heterocycles. The molecule has 0 radical (unpaired) electrons. The second kappa shape index (κ2) is 8.83. The minimum atomic E-state index is -0.549. The molecule has 0 saturated carbocycles. The molecule has 1 aliphatic rings. The highest BCUT2D eigenvalue weighted by molar-refractivity contribution is 7.71. The number of aliphatic imine (C=N–C) groups is 1. The average molecular weight is 422 g/mol. The lowest BCUT2D eigenvalue weighted by atomic mass is 9.88. The fourth-order valence-corrected chi connectivity index (χ4v) is 4.68. The molecule has 3 N–H and O–H groups in total. The van der Waals surface area contributed by atoms with Crippen molar-refractivity contribution in [1.82, 2.24) is 9.97 Å². The molecule has 0 amide bonds. The Kier molecular flexibility index (Phi) is 6.46. The summed E-state index contributed by atoms with van der Waals surface area (Å²) in [5.74, 6) is -0.189. The fraction of sp³-hybridized carbons (Fsp3) is 0.474. The minimum absolute atomic E-state index is 0.0282. The van der Waals surface area contributed by atoms with Crippen molar-refractivity contribution in [2.75, 3.05) is 6.61 Å². The SMILES string of the molecule is CCCCOC(=O)c1c(N=Cc2c(O)[nH]c(=S)[nH]c2=O)sc2c1CC[C@H](C)C2. The van der Waals surface area contributed by atoms with Gasteiger partial charge >= 0.3 is 5.97 Å². The lowest BCUT2D eigenvalue weighted by Crippen LogP contribution is -2.14. The summed E-state index contributed by atoms with van der Waals surface area (Å²) in [6.07, 6.45) is 5.72. The molecule has 2 heterocycles. The maximum absolute atomic E-state index is 12.7. The molecule has 1 aliphatic carbocycles. The van der Waals surface area contributed by atoms with Gasteiger partial charge < -0.3 is 14.8 Å². The van der Waals surface area contributed by atoms with Gasteiger partial charge in [-0.1, -0.05) is 20.3 Å². The summed E-state index contributed by atoms with van der Waals surface area (Å²) >= 11 is 6.27. The van der Waals surface area contributed by atoms with Crippen molar-refractivity contribution in [2.45, 2.75) is 46.0 Å². The molecule has 2 aromatic rings. The van der Waals surface area contributed by atoms with E-state index in [2.05, 4.69) is 21.9 Å². The van der Waals surface area contributed by atoms with E-state index in [9.17, 15) is 14.7 Å². The van der Waals surface area contributed by atoms with Crippen LogP contribution in [0.4, 0.5) is 5.00 Å². The summed E-state index contributed by atoms with van der Waals surface area (Å²) in [6.45, 7) is 4.59. The van der Waals surface area contributed by atoms with Crippen LogP contribution in [0.2, 0.25) is 0 Å². The molecule has 7 nitrogen and oxygen atoms in total. The monoisotopic (exact) mass is 421 g/mol. The maximum atomic E-state index is 12.7. The lowest BCUT2D eigenvalue weighted by Gasteiger charge is -2.18. The number of thiophene rings is 1. The van der Waals surface area contributed by atoms with Crippen molar-refractivity contribution in [3.05, 3.63) is 36.7 Å². The Bertz CT molecular complexity index is 1020. The van der Waals surface area contributed by atoms with E-state index in [4.69, 9.17) is 17.0 Å². The molecule has 0 spiro atoms. The van der Waals surface area contributed by atoms with Crippen LogP contribution in [-0.4, -0.2) is 33.9 Å². The number of hydrogen-bond donors (Lipinski definition) is 3. The second-order valence-corrected chi connectivity index (χ2v) is 8.44. The number of ether oxygens (including phenoxy) is 1. The zero-order chi connectivity index (χ0) is 20.3. The van der Waals surface area contributed by atoms with Crippen molar-refractivity contribution < 1.29 is 14.6 Å². The van der Waals surface area contributed by atoms with E-state index in [-0.39, 0.29) is 22.2 Å². The van der Waals surface area contributed by atoms with Gasteiger partial charge in [0.1, 0.15) is 10.6 Å². The fourth-order valence-electron chi connectivity index (χ4n) is 3.15. The van der Waals surface area contributed by atoms with Gasteiger partial charge in [-0.25, -0.2) is 9.79 Å². The Balaban J connectivity index is 1.99. The van der Waals surface area contributed by atoms with Crippen molar-refractivity contribution in [2.24, 2.45) is 10.9 Å². The van der Waals surface area contributed by atoms with E-state index in [1.807, 2.05) is 6.92 Å². The number of nitrogens with one attached hydrogen (secondary N) is 2. The van der Waals surface area contributed by atoms with Crippen LogP contribution in [0.3, 0.4) is 0 Å². The van der Waals surface area contributed by atoms with Crippen LogP contribution >= 0.6 is 23.6 Å². The lowest BCUT2D eigenvalue weighted by molar-refractivity contribution is 0.0499. The van der Waals surface area contributed by atoms with E-state index < -0.39 is 5.56 Å². The third-order valence-corrected chi connectivity index (χ3v) is 6.06. The van der Waals surface area contributed by atoms with Crippen LogP contribution < -0.4 is 5.56 Å². The first-order valence-corrected chi connectivity index (χ1v) is 10.5. The highest BCUT2D eigenvalue weighted by atomic mass is 32.1. The molecule has 0 fully saturated rings. The average Bonchev–Trinajstić information content (AvgIpc) is 2.98. The van der Waals surface area contributed by atoms with Crippen LogP contribution in [0.25, 0.3) is 0 Å². The number of hydrogen-bond acceptors (Lipinski definition) is 7. The van der Waals surface area contributed by atoms with E-state index in [1.165, 1.54) is 17.6 Å². The smallest absolute Gasteiger partial charge is 0.341 e. The molecule has 3 rings (SSSR count). The Morgan fingerprint density at radius 3 is 2.96 bits per heavy atom. The van der Waals surface area contributed by atoms with Crippen molar-refractivity contribution in [3.8, 4) is 5.88 Å². The number of fused-ring (bicyclic) bond motifs is 1. The molecule has 0 aliphatic heterocycles. The van der Waals surface area contributed by atoms with Crippen LogP contribution in [0.15, 0.2) is 9.79 Å². The Hall–Kier alpha value is -2.26. The van der Waals surface area contributed by atoms with Gasteiger partial charge in [0.05, 0.1) is 12.2 Å². The molecular weight excluding hydrogens is 398 g/mol. The summed E-state index contributed by atoms with van der Waals surface area (Å²) < 4.78 is 5.46. The van der Waals surface area contributed by atoms with Crippen LogP contribution in [-0.2, 0) is 17.6 Å². The van der Waals surface area contributed by atoms with E-state index in [0.29, 0.717) is 23.1 Å². The molecule has 1 atom stereocenters. The number of esters is 1. The summed E-state index contributed by atoms with van der Waals surface area (Å²) in [5.41, 5.74) is 0.895. The summed E-state index contributed by atoms with van der Waals surface area (Å²) in [7, 11) is 0. The number of aromatic amines is 2. The zero-order valence-corrected chi connectivity index (χ0v) is 17.5. The second-order valence-electron chi connectivity index (χ2n) is 6.95. The van der Waals surface area contributed by atoms with Crippen molar-refractivity contribution in [3.63, 3.8) is 0 Å². The van der Waals surface area contributed by atoms with Gasteiger partial charge in [-0.3, -0.25) is 9.78 Å². The third kappa shape index (κ3) is 4.41. The van der Waals surface area contributed by atoms with Gasteiger partial charge in [-0.2, -0.15) is 0 Å². The van der Waals surface area contributed by atoms with Crippen LogP contribution in [0.5, 0.6) is 5.88 Å². The van der Waals surface area contributed by atoms with Gasteiger partial charge in [-0.05, 0) is 49.4 Å². The number of rotatable bonds is 6. The minimum Gasteiger partial charge on any atom is -0.494 e. The zero-order valence-electron chi connectivity index (χ0n) is 15.8.